The predicted molar refractivity (Wildman–Crippen MR) is 158 cm³/mol. The summed E-state index contributed by atoms with van der Waals surface area (Å²) >= 11 is 3.51. The van der Waals surface area contributed by atoms with Gasteiger partial charge in [0.25, 0.3) is 0 Å². The highest BCUT2D eigenvalue weighted by Gasteiger charge is 2.12. The van der Waals surface area contributed by atoms with Crippen LogP contribution in [0.3, 0.4) is 0 Å². The summed E-state index contributed by atoms with van der Waals surface area (Å²) in [5.41, 5.74) is 5.72. The smallest absolute Gasteiger partial charge is 0.113 e. The number of fused-ring (bicyclic) bond motifs is 3. The molecule has 2 aromatic carbocycles. The maximum absolute atomic E-state index is 4.64. The Labute approximate surface area is 217 Å². The van der Waals surface area contributed by atoms with Crippen LogP contribution in [-0.4, -0.2) is 15.2 Å². The van der Waals surface area contributed by atoms with Crippen LogP contribution >= 0.6 is 22.7 Å². The van der Waals surface area contributed by atoms with Crippen molar-refractivity contribution in [1.82, 2.24) is 15.2 Å². The minimum absolute atomic E-state index is 0.767. The lowest BCUT2D eigenvalue weighted by Gasteiger charge is -1.93. The van der Waals surface area contributed by atoms with E-state index in [-0.39, 0.29) is 0 Å². The fourth-order valence-corrected chi connectivity index (χ4v) is 6.56. The zero-order valence-corrected chi connectivity index (χ0v) is 21.0. The van der Waals surface area contributed by atoms with E-state index in [1.807, 2.05) is 36.4 Å². The molecule has 0 spiro atoms. The van der Waals surface area contributed by atoms with Crippen LogP contribution in [0.15, 0.2) is 80.0 Å². The third-order valence-corrected chi connectivity index (χ3v) is 8.41. The molecule has 36 heavy (non-hydrogen) atoms. The summed E-state index contributed by atoms with van der Waals surface area (Å²) in [6.45, 7) is 8.03. The molecule has 0 aliphatic carbocycles. The summed E-state index contributed by atoms with van der Waals surface area (Å²) in [6, 6.07) is 20.9. The molecule has 172 valence electrons. The van der Waals surface area contributed by atoms with Crippen molar-refractivity contribution in [3.05, 3.63) is 112 Å². The van der Waals surface area contributed by atoms with Crippen molar-refractivity contribution in [3.8, 4) is 11.3 Å². The highest BCUT2D eigenvalue weighted by Crippen LogP contribution is 2.35. The van der Waals surface area contributed by atoms with E-state index in [0.717, 1.165) is 38.6 Å². The SMILES string of the molecule is C=Cc1c(/C=C/c2ccc3c(/C=C/c4sc5ccccc5c4C=C)nnc-3cn2)sc2ccccc12. The number of rotatable bonds is 6. The maximum atomic E-state index is 4.64. The van der Waals surface area contributed by atoms with Crippen molar-refractivity contribution in [2.45, 2.75) is 0 Å². The van der Waals surface area contributed by atoms with E-state index in [4.69, 9.17) is 0 Å². The Kier molecular flexibility index (Phi) is 5.85. The van der Waals surface area contributed by atoms with Gasteiger partial charge in [0.1, 0.15) is 5.69 Å². The zero-order chi connectivity index (χ0) is 24.5. The topological polar surface area (TPSA) is 38.7 Å². The van der Waals surface area contributed by atoms with Crippen molar-refractivity contribution >= 4 is 79.3 Å². The molecule has 0 N–H and O–H groups in total. The van der Waals surface area contributed by atoms with Crippen molar-refractivity contribution < 1.29 is 0 Å². The first-order valence-corrected chi connectivity index (χ1v) is 13.1. The summed E-state index contributed by atoms with van der Waals surface area (Å²) in [6.07, 6.45) is 13.9. The molecule has 0 radical (unpaired) electrons. The lowest BCUT2D eigenvalue weighted by atomic mass is 10.1. The first kappa shape index (κ1) is 22.3. The van der Waals surface area contributed by atoms with Gasteiger partial charge in [-0.25, -0.2) is 0 Å². The Morgan fingerprint density at radius 1 is 0.639 bits per heavy atom. The number of nitrogens with zero attached hydrogens (tertiary/aromatic N) is 3. The molecule has 0 unspecified atom stereocenters. The molecule has 2 aliphatic rings. The van der Waals surface area contributed by atoms with Crippen molar-refractivity contribution in [1.29, 1.82) is 0 Å². The lowest BCUT2D eigenvalue weighted by molar-refractivity contribution is 1.08. The van der Waals surface area contributed by atoms with Crippen LogP contribution in [0, 0.1) is 0 Å². The molecule has 5 heteroatoms. The molecule has 3 nitrogen and oxygen atoms in total. The molecule has 2 aromatic heterocycles. The standard InChI is InChI=1S/C31H21N3S2/c1-3-21-23-9-5-7-11-28(23)35-30(21)17-14-20-13-15-25-26(33-34-27(25)19-32-20)16-18-31-22(4-2)24-10-6-8-12-29(24)36-31/h3-19H,1-2H2/b17-14+,18-16+. The Balaban J connectivity index is 1.32. The predicted octanol–water partition coefficient (Wildman–Crippen LogP) is 9.03. The van der Waals surface area contributed by atoms with Gasteiger partial charge >= 0.3 is 0 Å². The number of hydrogen-bond acceptors (Lipinski definition) is 5. The molecule has 4 heterocycles. The Morgan fingerprint density at radius 3 is 1.89 bits per heavy atom. The summed E-state index contributed by atoms with van der Waals surface area (Å²) in [4.78, 5) is 6.96. The van der Waals surface area contributed by atoms with Gasteiger partial charge in [0.05, 0.1) is 17.6 Å². The van der Waals surface area contributed by atoms with Gasteiger partial charge in [0.2, 0.25) is 0 Å². The van der Waals surface area contributed by atoms with Gasteiger partial charge in [-0.05, 0) is 59.7 Å². The van der Waals surface area contributed by atoms with Crippen molar-refractivity contribution in [2.24, 2.45) is 0 Å². The van der Waals surface area contributed by atoms with E-state index in [2.05, 4.69) is 89.0 Å². The van der Waals surface area contributed by atoms with Crippen LogP contribution in [0.25, 0.3) is 67.9 Å². The fraction of sp³-hybridized carbons (Fsp3) is 0. The minimum atomic E-state index is 0.767. The molecular weight excluding hydrogens is 478 g/mol. The average Bonchev–Trinajstić information content (AvgIpc) is 3.54. The van der Waals surface area contributed by atoms with Crippen LogP contribution in [0.4, 0.5) is 0 Å². The molecule has 0 fully saturated rings. The summed E-state index contributed by atoms with van der Waals surface area (Å²) in [7, 11) is 0. The monoisotopic (exact) mass is 499 g/mol. The third kappa shape index (κ3) is 3.98. The summed E-state index contributed by atoms with van der Waals surface area (Å²) in [5, 5.41) is 11.2. The second kappa shape index (κ2) is 9.46. The summed E-state index contributed by atoms with van der Waals surface area (Å²) < 4.78 is 2.50. The zero-order valence-electron chi connectivity index (χ0n) is 19.4. The largest absolute Gasteiger partial charge is 0.255 e. The van der Waals surface area contributed by atoms with E-state index < -0.39 is 0 Å². The second-order valence-electron chi connectivity index (χ2n) is 8.23. The first-order chi connectivity index (χ1) is 17.7. The third-order valence-electron chi connectivity index (χ3n) is 6.11. The van der Waals surface area contributed by atoms with Gasteiger partial charge in [-0.2, -0.15) is 0 Å². The van der Waals surface area contributed by atoms with E-state index in [1.54, 1.807) is 28.9 Å². The normalized spacial score (nSPS) is 11.9. The molecule has 0 atom stereocenters. The van der Waals surface area contributed by atoms with E-state index in [9.17, 15) is 0 Å². The Hall–Kier alpha value is -4.19. The van der Waals surface area contributed by atoms with Gasteiger partial charge in [0.15, 0.2) is 0 Å². The van der Waals surface area contributed by atoms with E-state index in [1.165, 1.54) is 25.0 Å². The van der Waals surface area contributed by atoms with Gasteiger partial charge in [-0.15, -0.1) is 32.9 Å². The molecule has 0 amide bonds. The van der Waals surface area contributed by atoms with Gasteiger partial charge in [0, 0.05) is 35.5 Å². The van der Waals surface area contributed by atoms with Crippen molar-refractivity contribution in [3.63, 3.8) is 0 Å². The molecule has 0 bridgehead atoms. The quantitative estimate of drug-likeness (QED) is 0.229. The molecular formula is C31H21N3S2. The number of thiophene rings is 2. The van der Waals surface area contributed by atoms with Crippen LogP contribution in [0.2, 0.25) is 0 Å². The van der Waals surface area contributed by atoms with Crippen LogP contribution in [-0.2, 0) is 0 Å². The second-order valence-corrected chi connectivity index (χ2v) is 10.4. The van der Waals surface area contributed by atoms with Gasteiger partial charge in [-0.1, -0.05) is 61.7 Å². The minimum Gasteiger partial charge on any atom is -0.255 e. The number of benzene rings is 2. The van der Waals surface area contributed by atoms with E-state index >= 15 is 0 Å². The molecule has 2 aliphatic heterocycles. The van der Waals surface area contributed by atoms with Crippen LogP contribution in [0.1, 0.15) is 32.3 Å². The van der Waals surface area contributed by atoms with Crippen molar-refractivity contribution in [2.75, 3.05) is 0 Å². The maximum Gasteiger partial charge on any atom is 0.113 e. The average molecular weight is 500 g/mol. The highest BCUT2D eigenvalue weighted by atomic mass is 32.1. The van der Waals surface area contributed by atoms with Crippen LogP contribution in [0.5, 0.6) is 0 Å². The molecule has 0 saturated carbocycles. The highest BCUT2D eigenvalue weighted by molar-refractivity contribution is 7.20. The molecule has 0 saturated heterocycles. The first-order valence-electron chi connectivity index (χ1n) is 11.5. The van der Waals surface area contributed by atoms with Crippen LogP contribution < -0.4 is 0 Å². The Bertz CT molecular complexity index is 1780. The van der Waals surface area contributed by atoms with E-state index in [0.29, 0.717) is 0 Å². The molecule has 6 rings (SSSR count). The lowest BCUT2D eigenvalue weighted by Crippen LogP contribution is -1.75. The molecule has 4 aromatic rings. The number of hydrogen-bond donors (Lipinski definition) is 0. The summed E-state index contributed by atoms with van der Waals surface area (Å²) in [5.74, 6) is 0. The van der Waals surface area contributed by atoms with Gasteiger partial charge in [-0.3, -0.25) is 4.98 Å². The van der Waals surface area contributed by atoms with Gasteiger partial charge < -0.3 is 0 Å². The fourth-order valence-electron chi connectivity index (χ4n) is 4.33. The Morgan fingerprint density at radius 2 is 1.25 bits per heavy atom. The number of aromatic nitrogens is 3.